The fraction of sp³-hybridized carbons (Fsp3) is 0.467. The summed E-state index contributed by atoms with van der Waals surface area (Å²) in [6.07, 6.45) is 0. The molecule has 2 aromatic rings. The summed E-state index contributed by atoms with van der Waals surface area (Å²) in [5.41, 5.74) is 0.952. The largest absolute Gasteiger partial charge is 0.363 e. The van der Waals surface area contributed by atoms with E-state index in [-0.39, 0.29) is 0 Å². The second-order valence-electron chi connectivity index (χ2n) is 5.38. The van der Waals surface area contributed by atoms with E-state index in [1.807, 2.05) is 55.7 Å². The molecule has 0 aliphatic rings. The first kappa shape index (κ1) is 16.7. The highest BCUT2D eigenvalue weighted by molar-refractivity contribution is 5.79. The Bertz CT molecular complexity index is 674. The predicted molar refractivity (Wildman–Crippen MR) is 91.3 cm³/mol. The van der Waals surface area contributed by atoms with Gasteiger partial charge in [-0.15, -0.1) is 10.2 Å². The average Bonchev–Trinajstić information content (AvgIpc) is 2.87. The number of aliphatic imine (C=N–C) groups is 1. The smallest absolute Gasteiger partial charge is 0.191 e. The lowest BCUT2D eigenvalue weighted by Gasteiger charge is -2.14. The Kier molecular flexibility index (Phi) is 5.51. The van der Waals surface area contributed by atoms with E-state index in [0.29, 0.717) is 19.0 Å². The summed E-state index contributed by atoms with van der Waals surface area (Å²) in [4.78, 5) is 10.8. The van der Waals surface area contributed by atoms with Gasteiger partial charge in [-0.1, -0.05) is 6.07 Å². The summed E-state index contributed by atoms with van der Waals surface area (Å²) in [6.45, 7) is 3.08. The second kappa shape index (κ2) is 7.57. The van der Waals surface area contributed by atoms with Gasteiger partial charge in [-0.05, 0) is 19.1 Å². The quantitative estimate of drug-likeness (QED) is 0.615. The zero-order chi connectivity index (χ0) is 16.8. The molecule has 0 unspecified atom stereocenters. The maximum absolute atomic E-state index is 4.57. The summed E-state index contributed by atoms with van der Waals surface area (Å²) in [7, 11) is 7.63. The molecule has 0 radical (unpaired) electrons. The van der Waals surface area contributed by atoms with Crippen molar-refractivity contribution < 1.29 is 0 Å². The van der Waals surface area contributed by atoms with E-state index in [2.05, 4.69) is 30.8 Å². The molecule has 0 aliphatic carbocycles. The van der Waals surface area contributed by atoms with Crippen molar-refractivity contribution in [2.45, 2.75) is 20.0 Å². The van der Waals surface area contributed by atoms with Crippen molar-refractivity contribution in [3.8, 4) is 0 Å². The van der Waals surface area contributed by atoms with Gasteiger partial charge < -0.3 is 20.1 Å². The van der Waals surface area contributed by atoms with Gasteiger partial charge in [0, 0.05) is 28.2 Å². The van der Waals surface area contributed by atoms with Gasteiger partial charge in [0.25, 0.3) is 0 Å². The molecular formula is C15H24N8. The van der Waals surface area contributed by atoms with E-state index in [1.165, 1.54) is 0 Å². The van der Waals surface area contributed by atoms with Crippen molar-refractivity contribution >= 4 is 11.8 Å². The predicted octanol–water partition coefficient (Wildman–Crippen LogP) is 0.450. The minimum atomic E-state index is 0.558. The highest BCUT2D eigenvalue weighted by Gasteiger charge is 2.06. The molecule has 0 saturated heterocycles. The van der Waals surface area contributed by atoms with E-state index >= 15 is 0 Å². The van der Waals surface area contributed by atoms with Crippen LogP contribution in [0.5, 0.6) is 0 Å². The number of aryl methyl sites for hydroxylation is 1. The topological polar surface area (TPSA) is 83.3 Å². The summed E-state index contributed by atoms with van der Waals surface area (Å²) < 4.78 is 1.95. The van der Waals surface area contributed by atoms with Crippen LogP contribution in [0.4, 0.5) is 5.82 Å². The maximum Gasteiger partial charge on any atom is 0.191 e. The zero-order valence-electron chi connectivity index (χ0n) is 14.3. The number of nitrogens with one attached hydrogen (secondary N) is 2. The van der Waals surface area contributed by atoms with Crippen LogP contribution in [-0.2, 0) is 20.1 Å². The van der Waals surface area contributed by atoms with Gasteiger partial charge in [0.15, 0.2) is 11.8 Å². The third-order valence-corrected chi connectivity index (χ3v) is 3.51. The number of guanidine groups is 1. The monoisotopic (exact) mass is 316 g/mol. The maximum atomic E-state index is 4.57. The highest BCUT2D eigenvalue weighted by atomic mass is 15.3. The molecule has 0 aliphatic heterocycles. The lowest BCUT2D eigenvalue weighted by molar-refractivity contribution is 0.715. The van der Waals surface area contributed by atoms with Crippen molar-refractivity contribution in [1.82, 2.24) is 30.4 Å². The number of pyridine rings is 1. The molecule has 2 N–H and O–H groups in total. The van der Waals surface area contributed by atoms with Crippen LogP contribution in [0.2, 0.25) is 0 Å². The van der Waals surface area contributed by atoms with Crippen LogP contribution < -0.4 is 15.5 Å². The van der Waals surface area contributed by atoms with Gasteiger partial charge in [-0.25, -0.2) is 4.98 Å². The molecule has 124 valence electrons. The van der Waals surface area contributed by atoms with Gasteiger partial charge in [-0.2, -0.15) is 0 Å². The molecule has 0 bridgehead atoms. The number of hydrogen-bond donors (Lipinski definition) is 2. The highest BCUT2D eigenvalue weighted by Crippen LogP contribution is 2.07. The molecular weight excluding hydrogens is 292 g/mol. The molecule has 23 heavy (non-hydrogen) atoms. The van der Waals surface area contributed by atoms with Crippen molar-refractivity contribution in [2.24, 2.45) is 12.0 Å². The van der Waals surface area contributed by atoms with Crippen LogP contribution in [0.3, 0.4) is 0 Å². The van der Waals surface area contributed by atoms with Crippen LogP contribution in [0, 0.1) is 6.92 Å². The van der Waals surface area contributed by atoms with Crippen LogP contribution in [0.25, 0.3) is 0 Å². The molecule has 8 heteroatoms. The Labute approximate surface area is 136 Å². The number of hydrogen-bond acceptors (Lipinski definition) is 5. The van der Waals surface area contributed by atoms with Crippen molar-refractivity contribution in [2.75, 3.05) is 26.0 Å². The third-order valence-electron chi connectivity index (χ3n) is 3.51. The molecule has 0 amide bonds. The third kappa shape index (κ3) is 4.41. The van der Waals surface area contributed by atoms with E-state index in [1.54, 1.807) is 7.05 Å². The van der Waals surface area contributed by atoms with Crippen LogP contribution in [0.1, 0.15) is 17.3 Å². The minimum absolute atomic E-state index is 0.558. The molecule has 2 rings (SSSR count). The van der Waals surface area contributed by atoms with Gasteiger partial charge in [0.05, 0.1) is 18.8 Å². The standard InChI is InChI=1S/C15H24N8/c1-11-20-21-14(23(11)5)10-18-15(16-2)17-9-12-7-6-8-13(19-12)22(3)4/h6-8H,9-10H2,1-5H3,(H2,16,17,18). The molecule has 0 fully saturated rings. The molecule has 2 heterocycles. The normalized spacial score (nSPS) is 11.4. The fourth-order valence-electron chi connectivity index (χ4n) is 1.98. The van der Waals surface area contributed by atoms with Gasteiger partial charge >= 0.3 is 0 Å². The molecule has 8 nitrogen and oxygen atoms in total. The van der Waals surface area contributed by atoms with E-state index < -0.39 is 0 Å². The lowest BCUT2D eigenvalue weighted by Crippen LogP contribution is -2.37. The molecule has 0 atom stereocenters. The molecule has 0 aromatic carbocycles. The Morgan fingerprint density at radius 2 is 1.96 bits per heavy atom. The Hall–Kier alpha value is -2.64. The lowest BCUT2D eigenvalue weighted by atomic mass is 10.3. The number of rotatable bonds is 5. The Morgan fingerprint density at radius 3 is 2.57 bits per heavy atom. The van der Waals surface area contributed by atoms with E-state index in [0.717, 1.165) is 23.2 Å². The average molecular weight is 316 g/mol. The molecule has 0 saturated carbocycles. The summed E-state index contributed by atoms with van der Waals surface area (Å²) in [6, 6.07) is 5.96. The van der Waals surface area contributed by atoms with Gasteiger partial charge in [0.2, 0.25) is 0 Å². The van der Waals surface area contributed by atoms with E-state index in [4.69, 9.17) is 0 Å². The van der Waals surface area contributed by atoms with Crippen LogP contribution in [-0.4, -0.2) is 46.9 Å². The number of aromatic nitrogens is 4. The SMILES string of the molecule is CN=C(NCc1cccc(N(C)C)n1)NCc1nnc(C)n1C. The fourth-order valence-corrected chi connectivity index (χ4v) is 1.98. The number of anilines is 1. The van der Waals surface area contributed by atoms with E-state index in [9.17, 15) is 0 Å². The Balaban J connectivity index is 1.90. The molecule has 0 spiro atoms. The first-order valence-electron chi connectivity index (χ1n) is 7.44. The minimum Gasteiger partial charge on any atom is -0.363 e. The first-order chi connectivity index (χ1) is 11.0. The molecule has 2 aromatic heterocycles. The van der Waals surface area contributed by atoms with Crippen LogP contribution in [0.15, 0.2) is 23.2 Å². The number of nitrogens with zero attached hydrogens (tertiary/aromatic N) is 6. The van der Waals surface area contributed by atoms with Gasteiger partial charge in [0.1, 0.15) is 11.6 Å². The van der Waals surface area contributed by atoms with Crippen LogP contribution >= 0.6 is 0 Å². The van der Waals surface area contributed by atoms with Crippen molar-refractivity contribution in [3.05, 3.63) is 35.5 Å². The van der Waals surface area contributed by atoms with Crippen molar-refractivity contribution in [3.63, 3.8) is 0 Å². The van der Waals surface area contributed by atoms with Gasteiger partial charge in [-0.3, -0.25) is 4.99 Å². The summed E-state index contributed by atoms with van der Waals surface area (Å²) in [5.74, 6) is 3.37. The zero-order valence-corrected chi connectivity index (χ0v) is 14.3. The van der Waals surface area contributed by atoms with Crippen molar-refractivity contribution in [1.29, 1.82) is 0 Å². The second-order valence-corrected chi connectivity index (χ2v) is 5.38. The Morgan fingerprint density at radius 1 is 1.22 bits per heavy atom. The summed E-state index contributed by atoms with van der Waals surface area (Å²) in [5, 5.41) is 14.6. The first-order valence-corrected chi connectivity index (χ1v) is 7.44. The summed E-state index contributed by atoms with van der Waals surface area (Å²) >= 11 is 0.